The van der Waals surface area contributed by atoms with Crippen LogP contribution in [0, 0.1) is 12.8 Å². The van der Waals surface area contributed by atoms with E-state index < -0.39 is 5.60 Å². The molecule has 0 N–H and O–H groups in total. The van der Waals surface area contributed by atoms with E-state index >= 15 is 0 Å². The fraction of sp³-hybridized carbons (Fsp3) is 0.800. The molecule has 2 atom stereocenters. The number of hydrogen-bond acceptors (Lipinski definition) is 5. The average molecular weight is 295 g/mol. The number of hydrogen-bond donors (Lipinski definition) is 0. The van der Waals surface area contributed by atoms with Crippen LogP contribution in [0.1, 0.15) is 52.3 Å². The van der Waals surface area contributed by atoms with Crippen LogP contribution in [0.15, 0.2) is 4.52 Å². The molecule has 1 aromatic rings. The molecule has 1 unspecified atom stereocenters. The summed E-state index contributed by atoms with van der Waals surface area (Å²) in [4.78, 5) is 18.2. The van der Waals surface area contributed by atoms with Crippen molar-refractivity contribution in [2.45, 2.75) is 65.5 Å². The minimum Gasteiger partial charge on any atom is -0.444 e. The molecule has 1 aromatic heterocycles. The smallest absolute Gasteiger partial charge is 0.410 e. The number of aromatic nitrogens is 2. The van der Waals surface area contributed by atoms with Gasteiger partial charge in [-0.2, -0.15) is 4.98 Å². The molecule has 0 bridgehead atoms. The Kier molecular flexibility index (Phi) is 4.54. The quantitative estimate of drug-likeness (QED) is 0.857. The number of amides is 1. The molecule has 0 aromatic carbocycles. The van der Waals surface area contributed by atoms with Crippen LogP contribution in [0.4, 0.5) is 4.79 Å². The van der Waals surface area contributed by atoms with Crippen molar-refractivity contribution in [1.29, 1.82) is 0 Å². The first kappa shape index (κ1) is 15.8. The summed E-state index contributed by atoms with van der Waals surface area (Å²) in [5.74, 6) is 1.81. The van der Waals surface area contributed by atoms with Gasteiger partial charge in [0, 0.05) is 25.9 Å². The van der Waals surface area contributed by atoms with E-state index in [0.717, 1.165) is 31.6 Å². The van der Waals surface area contributed by atoms with E-state index in [1.807, 2.05) is 25.7 Å². The molecule has 2 rings (SSSR count). The normalized spacial score (nSPS) is 22.6. The zero-order valence-electron chi connectivity index (χ0n) is 13.5. The second-order valence-corrected chi connectivity index (χ2v) is 6.85. The summed E-state index contributed by atoms with van der Waals surface area (Å²) in [5.41, 5.74) is -0.447. The van der Waals surface area contributed by atoms with Gasteiger partial charge in [0.25, 0.3) is 0 Å². The van der Waals surface area contributed by atoms with Gasteiger partial charge < -0.3 is 14.2 Å². The zero-order valence-corrected chi connectivity index (χ0v) is 13.5. The Balaban J connectivity index is 1.84. The van der Waals surface area contributed by atoms with Crippen molar-refractivity contribution in [3.8, 4) is 0 Å². The molecular formula is C15H25N3O3. The third kappa shape index (κ3) is 4.44. The minimum atomic E-state index is -0.447. The standard InChI is InChI=1S/C15H25N3O3/c1-10-8-12(6-7-13-16-11(2)21-17-13)9-18(10)14(19)20-15(3,4)5/h10,12H,6-9H2,1-5H3/t10-,12?/m0/s1. The molecule has 6 nitrogen and oxygen atoms in total. The van der Waals surface area contributed by atoms with E-state index in [0.29, 0.717) is 11.8 Å². The number of rotatable bonds is 3. The molecule has 0 saturated carbocycles. The van der Waals surface area contributed by atoms with Crippen LogP contribution in [-0.4, -0.2) is 39.3 Å². The maximum absolute atomic E-state index is 12.2. The van der Waals surface area contributed by atoms with Crippen LogP contribution in [0.2, 0.25) is 0 Å². The molecule has 1 fully saturated rings. The molecule has 1 saturated heterocycles. The number of carbonyl (C=O) groups is 1. The third-order valence-electron chi connectivity index (χ3n) is 3.64. The van der Waals surface area contributed by atoms with Gasteiger partial charge in [-0.05, 0) is 46.5 Å². The van der Waals surface area contributed by atoms with Crippen molar-refractivity contribution in [1.82, 2.24) is 15.0 Å². The monoisotopic (exact) mass is 295 g/mol. The number of aryl methyl sites for hydroxylation is 2. The first-order valence-corrected chi connectivity index (χ1v) is 7.53. The second-order valence-electron chi connectivity index (χ2n) is 6.85. The molecule has 0 aliphatic carbocycles. The zero-order chi connectivity index (χ0) is 15.6. The highest BCUT2D eigenvalue weighted by Gasteiger charge is 2.34. The van der Waals surface area contributed by atoms with Crippen LogP contribution in [0.5, 0.6) is 0 Å². The number of nitrogens with zero attached hydrogens (tertiary/aromatic N) is 3. The second kappa shape index (κ2) is 6.03. The van der Waals surface area contributed by atoms with Gasteiger partial charge in [0.1, 0.15) is 5.60 Å². The molecule has 21 heavy (non-hydrogen) atoms. The Morgan fingerprint density at radius 2 is 2.19 bits per heavy atom. The Hall–Kier alpha value is -1.59. The molecule has 0 spiro atoms. The van der Waals surface area contributed by atoms with Gasteiger partial charge in [0.05, 0.1) is 0 Å². The Bertz CT molecular complexity index is 493. The predicted molar refractivity (Wildman–Crippen MR) is 77.9 cm³/mol. The minimum absolute atomic E-state index is 0.215. The van der Waals surface area contributed by atoms with E-state index in [1.54, 1.807) is 6.92 Å². The Labute approximate surface area is 125 Å². The van der Waals surface area contributed by atoms with Crippen LogP contribution < -0.4 is 0 Å². The summed E-state index contributed by atoms with van der Waals surface area (Å²) in [6.45, 7) is 10.3. The van der Waals surface area contributed by atoms with Crippen molar-refractivity contribution >= 4 is 6.09 Å². The topological polar surface area (TPSA) is 68.5 Å². The predicted octanol–water partition coefficient (Wildman–Crippen LogP) is 2.96. The van der Waals surface area contributed by atoms with Crippen molar-refractivity contribution in [3.05, 3.63) is 11.7 Å². The van der Waals surface area contributed by atoms with Crippen LogP contribution >= 0.6 is 0 Å². The summed E-state index contributed by atoms with van der Waals surface area (Å²) < 4.78 is 10.4. The lowest BCUT2D eigenvalue weighted by molar-refractivity contribution is 0.0233. The van der Waals surface area contributed by atoms with E-state index in [-0.39, 0.29) is 12.1 Å². The van der Waals surface area contributed by atoms with E-state index in [9.17, 15) is 4.79 Å². The summed E-state index contributed by atoms with van der Waals surface area (Å²) in [7, 11) is 0. The SMILES string of the molecule is Cc1nc(CCC2C[C@H](C)N(C(=O)OC(C)(C)C)C2)no1. The molecule has 2 heterocycles. The van der Waals surface area contributed by atoms with Gasteiger partial charge in [-0.3, -0.25) is 0 Å². The van der Waals surface area contributed by atoms with Crippen LogP contribution in [0.3, 0.4) is 0 Å². The third-order valence-corrected chi connectivity index (χ3v) is 3.64. The van der Waals surface area contributed by atoms with Gasteiger partial charge in [-0.15, -0.1) is 0 Å². The van der Waals surface area contributed by atoms with Gasteiger partial charge in [-0.1, -0.05) is 5.16 Å². The summed E-state index contributed by atoms with van der Waals surface area (Å²) in [6, 6.07) is 0.219. The largest absolute Gasteiger partial charge is 0.444 e. The summed E-state index contributed by atoms with van der Waals surface area (Å²) in [6.07, 6.45) is 2.53. The maximum Gasteiger partial charge on any atom is 0.410 e. The van der Waals surface area contributed by atoms with E-state index in [1.165, 1.54) is 0 Å². The molecule has 1 aliphatic heterocycles. The summed E-state index contributed by atoms with van der Waals surface area (Å²) in [5, 5.41) is 3.91. The molecule has 1 amide bonds. The van der Waals surface area contributed by atoms with Gasteiger partial charge in [-0.25, -0.2) is 4.79 Å². The number of likely N-dealkylation sites (tertiary alicyclic amines) is 1. The number of carbonyl (C=O) groups excluding carboxylic acids is 1. The molecule has 118 valence electrons. The Morgan fingerprint density at radius 1 is 1.48 bits per heavy atom. The first-order chi connectivity index (χ1) is 9.74. The van der Waals surface area contributed by atoms with Crippen molar-refractivity contribution in [3.63, 3.8) is 0 Å². The Morgan fingerprint density at radius 3 is 2.76 bits per heavy atom. The molecular weight excluding hydrogens is 270 g/mol. The molecule has 6 heteroatoms. The van der Waals surface area contributed by atoms with E-state index in [4.69, 9.17) is 9.26 Å². The van der Waals surface area contributed by atoms with Gasteiger partial charge >= 0.3 is 6.09 Å². The van der Waals surface area contributed by atoms with Crippen molar-refractivity contribution < 1.29 is 14.1 Å². The number of ether oxygens (including phenoxy) is 1. The van der Waals surface area contributed by atoms with Crippen LogP contribution in [0.25, 0.3) is 0 Å². The lowest BCUT2D eigenvalue weighted by atomic mass is 10.0. The maximum atomic E-state index is 12.2. The lowest BCUT2D eigenvalue weighted by Gasteiger charge is -2.27. The molecule has 1 aliphatic rings. The highest BCUT2D eigenvalue weighted by molar-refractivity contribution is 5.68. The summed E-state index contributed by atoms with van der Waals surface area (Å²) >= 11 is 0. The van der Waals surface area contributed by atoms with Crippen molar-refractivity contribution in [2.75, 3.05) is 6.54 Å². The first-order valence-electron chi connectivity index (χ1n) is 7.53. The van der Waals surface area contributed by atoms with E-state index in [2.05, 4.69) is 17.1 Å². The fourth-order valence-electron chi connectivity index (χ4n) is 2.70. The molecule has 0 radical (unpaired) electrons. The highest BCUT2D eigenvalue weighted by atomic mass is 16.6. The van der Waals surface area contributed by atoms with Gasteiger partial charge in [0.15, 0.2) is 5.82 Å². The van der Waals surface area contributed by atoms with Gasteiger partial charge in [0.2, 0.25) is 5.89 Å². The van der Waals surface area contributed by atoms with Crippen molar-refractivity contribution in [2.24, 2.45) is 5.92 Å². The average Bonchev–Trinajstić information content (AvgIpc) is 2.91. The van der Waals surface area contributed by atoms with Crippen LogP contribution in [-0.2, 0) is 11.2 Å². The fourth-order valence-corrected chi connectivity index (χ4v) is 2.70. The highest BCUT2D eigenvalue weighted by Crippen LogP contribution is 2.28. The lowest BCUT2D eigenvalue weighted by Crippen LogP contribution is -2.38.